The molecule has 0 saturated carbocycles. The average molecular weight is 579 g/mol. The monoisotopic (exact) mass is 577 g/mol. The van der Waals surface area contributed by atoms with Crippen LogP contribution in [0.1, 0.15) is 16.7 Å². The first-order valence-corrected chi connectivity index (χ1v) is 13.0. The lowest BCUT2D eigenvalue weighted by Crippen LogP contribution is -2.39. The Balaban J connectivity index is 1.57. The van der Waals surface area contributed by atoms with Crippen molar-refractivity contribution in [1.29, 1.82) is 0 Å². The summed E-state index contributed by atoms with van der Waals surface area (Å²) in [5, 5.41) is 4.39. The van der Waals surface area contributed by atoms with E-state index in [2.05, 4.69) is 26.5 Å². The summed E-state index contributed by atoms with van der Waals surface area (Å²) >= 11 is 9.35. The van der Waals surface area contributed by atoms with Gasteiger partial charge in [-0.25, -0.2) is 13.8 Å². The largest absolute Gasteiger partial charge is 0.454 e. The van der Waals surface area contributed by atoms with Crippen LogP contribution in [0.5, 0.6) is 11.5 Å². The van der Waals surface area contributed by atoms with Gasteiger partial charge in [-0.2, -0.15) is 5.10 Å². The van der Waals surface area contributed by atoms with Gasteiger partial charge in [0.2, 0.25) is 6.79 Å². The van der Waals surface area contributed by atoms with E-state index in [1.54, 1.807) is 24.3 Å². The molecule has 0 spiro atoms. The van der Waals surface area contributed by atoms with Crippen molar-refractivity contribution in [3.8, 4) is 11.5 Å². The normalized spacial score (nSPS) is 12.7. The molecular formula is C24H21BrClN3O5S. The summed E-state index contributed by atoms with van der Waals surface area (Å²) in [7, 11) is -4.06. The molecule has 0 aromatic heterocycles. The van der Waals surface area contributed by atoms with Gasteiger partial charge in [0.05, 0.1) is 16.8 Å². The Kier molecular flexibility index (Phi) is 7.34. The minimum absolute atomic E-state index is 0.0146. The highest BCUT2D eigenvalue weighted by molar-refractivity contribution is 9.10. The molecule has 1 N–H and O–H groups in total. The summed E-state index contributed by atoms with van der Waals surface area (Å²) in [4.78, 5) is 12.8. The Bertz CT molecular complexity index is 1410. The molecule has 0 saturated heterocycles. The summed E-state index contributed by atoms with van der Waals surface area (Å²) in [6.45, 7) is 3.45. The van der Waals surface area contributed by atoms with Crippen molar-refractivity contribution in [2.24, 2.45) is 5.10 Å². The number of benzene rings is 3. The number of aryl methyl sites for hydroxylation is 2. The van der Waals surface area contributed by atoms with Gasteiger partial charge in [0, 0.05) is 15.1 Å². The highest BCUT2D eigenvalue weighted by Gasteiger charge is 2.27. The van der Waals surface area contributed by atoms with Crippen LogP contribution in [0.2, 0.25) is 5.02 Å². The molecular weight excluding hydrogens is 558 g/mol. The number of nitrogens with one attached hydrogen (secondary N) is 1. The number of amides is 1. The second kappa shape index (κ2) is 10.3. The molecule has 1 heterocycles. The third kappa shape index (κ3) is 5.61. The number of carbonyl (C=O) groups excluding carboxylic acids is 1. The molecule has 1 aliphatic heterocycles. The van der Waals surface area contributed by atoms with E-state index in [-0.39, 0.29) is 11.7 Å². The second-order valence-electron chi connectivity index (χ2n) is 7.75. The van der Waals surface area contributed by atoms with Crippen LogP contribution in [0, 0.1) is 13.8 Å². The second-order valence-corrected chi connectivity index (χ2v) is 10.9. The van der Waals surface area contributed by atoms with Crippen LogP contribution >= 0.6 is 27.5 Å². The zero-order chi connectivity index (χ0) is 25.2. The highest BCUT2D eigenvalue weighted by Crippen LogP contribution is 2.36. The van der Waals surface area contributed by atoms with Crippen molar-refractivity contribution in [3.05, 3.63) is 80.8 Å². The molecule has 3 aromatic rings. The van der Waals surface area contributed by atoms with Gasteiger partial charge in [-0.15, -0.1) is 0 Å². The summed E-state index contributed by atoms with van der Waals surface area (Å²) in [6.07, 6.45) is 1.43. The Morgan fingerprint density at radius 1 is 1.09 bits per heavy atom. The molecule has 11 heteroatoms. The number of ether oxygens (including phenoxy) is 2. The van der Waals surface area contributed by atoms with E-state index >= 15 is 0 Å². The number of halogens is 2. The Morgan fingerprint density at radius 2 is 1.77 bits per heavy atom. The van der Waals surface area contributed by atoms with Crippen molar-refractivity contribution in [2.75, 3.05) is 17.6 Å². The number of hydrogen-bond donors (Lipinski definition) is 1. The molecule has 0 radical (unpaired) electrons. The van der Waals surface area contributed by atoms with E-state index in [1.165, 1.54) is 30.5 Å². The quantitative estimate of drug-likeness (QED) is 0.321. The summed E-state index contributed by atoms with van der Waals surface area (Å²) in [5.41, 5.74) is 5.30. The first-order valence-electron chi connectivity index (χ1n) is 10.4. The fraction of sp³-hybridized carbons (Fsp3) is 0.167. The molecule has 35 heavy (non-hydrogen) atoms. The molecule has 0 atom stereocenters. The molecule has 4 rings (SSSR count). The lowest BCUT2D eigenvalue weighted by Gasteiger charge is -2.24. The van der Waals surface area contributed by atoms with Crippen LogP contribution in [-0.4, -0.2) is 33.9 Å². The van der Waals surface area contributed by atoms with Crippen molar-refractivity contribution in [1.82, 2.24) is 5.43 Å². The Morgan fingerprint density at radius 3 is 2.46 bits per heavy atom. The van der Waals surface area contributed by atoms with Crippen molar-refractivity contribution < 1.29 is 22.7 Å². The van der Waals surface area contributed by atoms with E-state index < -0.39 is 22.5 Å². The van der Waals surface area contributed by atoms with Gasteiger partial charge in [0.25, 0.3) is 15.9 Å². The molecule has 8 nitrogen and oxygen atoms in total. The van der Waals surface area contributed by atoms with Crippen molar-refractivity contribution in [3.63, 3.8) is 0 Å². The van der Waals surface area contributed by atoms with Crippen molar-refractivity contribution in [2.45, 2.75) is 18.7 Å². The van der Waals surface area contributed by atoms with E-state index in [9.17, 15) is 13.2 Å². The standard InChI is InChI=1S/C24H21BrClN3O5S/c1-15-3-6-19(9-16(15)2)29(35(31,32)20-7-4-18(26)5-8-20)13-24(30)28-27-12-17-10-22-23(11-21(17)25)34-14-33-22/h3-12H,13-14H2,1-2H3,(H,28,30)/b27-12-. The SMILES string of the molecule is Cc1ccc(N(CC(=O)N/N=C\c2cc3c(cc2Br)OCO3)S(=O)(=O)c2ccc(Cl)cc2)cc1C. The molecule has 3 aromatic carbocycles. The fourth-order valence-electron chi connectivity index (χ4n) is 3.30. The number of fused-ring (bicyclic) bond motifs is 1. The maximum absolute atomic E-state index is 13.5. The van der Waals surface area contributed by atoms with Crippen LogP contribution in [0.15, 0.2) is 69.1 Å². The Labute approximate surface area is 216 Å². The van der Waals surface area contributed by atoms with Crippen LogP contribution in [0.25, 0.3) is 0 Å². The van der Waals surface area contributed by atoms with Crippen LogP contribution < -0.4 is 19.2 Å². The zero-order valence-corrected chi connectivity index (χ0v) is 21.9. The van der Waals surface area contributed by atoms with Gasteiger partial charge in [-0.3, -0.25) is 9.10 Å². The summed E-state index contributed by atoms with van der Waals surface area (Å²) in [5.74, 6) is 0.555. The average Bonchev–Trinajstić information content (AvgIpc) is 3.27. The minimum atomic E-state index is -4.06. The van der Waals surface area contributed by atoms with Crippen LogP contribution in [0.4, 0.5) is 5.69 Å². The lowest BCUT2D eigenvalue weighted by atomic mass is 10.1. The van der Waals surface area contributed by atoms with Gasteiger partial charge in [0.1, 0.15) is 6.54 Å². The molecule has 0 unspecified atom stereocenters. The first kappa shape index (κ1) is 25.0. The lowest BCUT2D eigenvalue weighted by molar-refractivity contribution is -0.119. The third-order valence-corrected chi connectivity index (χ3v) is 8.08. The maximum Gasteiger partial charge on any atom is 0.264 e. The summed E-state index contributed by atoms with van der Waals surface area (Å²) < 4.78 is 39.3. The fourth-order valence-corrected chi connectivity index (χ4v) is 5.26. The van der Waals surface area contributed by atoms with Gasteiger partial charge in [0.15, 0.2) is 11.5 Å². The van der Waals surface area contributed by atoms with E-state index in [0.29, 0.717) is 32.2 Å². The number of anilines is 1. The molecule has 1 aliphatic rings. The number of hydrazone groups is 1. The minimum Gasteiger partial charge on any atom is -0.454 e. The smallest absolute Gasteiger partial charge is 0.264 e. The van der Waals surface area contributed by atoms with Crippen molar-refractivity contribution >= 4 is 55.4 Å². The van der Waals surface area contributed by atoms with E-state index in [4.69, 9.17) is 21.1 Å². The number of nitrogens with zero attached hydrogens (tertiary/aromatic N) is 2. The van der Waals surface area contributed by atoms with Gasteiger partial charge in [-0.1, -0.05) is 17.7 Å². The molecule has 0 fully saturated rings. The number of rotatable bonds is 7. The van der Waals surface area contributed by atoms with Gasteiger partial charge < -0.3 is 9.47 Å². The number of hydrogen-bond acceptors (Lipinski definition) is 6. The van der Waals surface area contributed by atoms with Gasteiger partial charge in [-0.05, 0) is 89.4 Å². The number of sulfonamides is 1. The third-order valence-electron chi connectivity index (χ3n) is 5.35. The van der Waals surface area contributed by atoms with Gasteiger partial charge >= 0.3 is 0 Å². The topological polar surface area (TPSA) is 97.3 Å². The number of carbonyl (C=O) groups is 1. The summed E-state index contributed by atoms with van der Waals surface area (Å²) in [6, 6.07) is 14.4. The first-order chi connectivity index (χ1) is 16.6. The molecule has 0 aliphatic carbocycles. The predicted molar refractivity (Wildman–Crippen MR) is 138 cm³/mol. The van der Waals surface area contributed by atoms with E-state index in [0.717, 1.165) is 15.4 Å². The molecule has 0 bridgehead atoms. The zero-order valence-electron chi connectivity index (χ0n) is 18.8. The highest BCUT2D eigenvalue weighted by atomic mass is 79.9. The van der Waals surface area contributed by atoms with Crippen LogP contribution in [0.3, 0.4) is 0 Å². The van der Waals surface area contributed by atoms with E-state index in [1.807, 2.05) is 19.9 Å². The van der Waals surface area contributed by atoms with Crippen LogP contribution in [-0.2, 0) is 14.8 Å². The Hall–Kier alpha value is -3.08. The predicted octanol–water partition coefficient (Wildman–Crippen LogP) is 4.79. The molecule has 1 amide bonds. The molecule has 182 valence electrons. The maximum atomic E-state index is 13.5.